The Kier molecular flexibility index (Phi) is 5.16. The van der Waals surface area contributed by atoms with E-state index in [1.807, 2.05) is 30.3 Å². The first-order valence-electron chi connectivity index (χ1n) is 8.81. The highest BCUT2D eigenvalue weighted by Gasteiger charge is 2.22. The molecule has 0 aromatic heterocycles. The summed E-state index contributed by atoms with van der Waals surface area (Å²) in [4.78, 5) is 0. The van der Waals surface area contributed by atoms with Gasteiger partial charge in [0.2, 0.25) is 0 Å². The predicted molar refractivity (Wildman–Crippen MR) is 117 cm³/mol. The minimum Gasteiger partial charge on any atom is -0.496 e. The van der Waals surface area contributed by atoms with E-state index in [9.17, 15) is 4.21 Å². The molecule has 1 atom stereocenters. The van der Waals surface area contributed by atoms with Gasteiger partial charge in [0.05, 0.1) is 7.11 Å². The molecule has 0 aliphatic carbocycles. The number of benzene rings is 3. The Hall–Kier alpha value is -2.53. The van der Waals surface area contributed by atoms with Crippen LogP contribution >= 0.6 is 0 Å². The van der Waals surface area contributed by atoms with Crippen molar-refractivity contribution in [2.45, 2.75) is 26.2 Å². The van der Waals surface area contributed by atoms with Gasteiger partial charge in [0.25, 0.3) is 0 Å². The van der Waals surface area contributed by atoms with E-state index in [-0.39, 0.29) is 5.41 Å². The normalized spacial score (nSPS) is 12.8. The van der Waals surface area contributed by atoms with Crippen molar-refractivity contribution in [3.05, 3.63) is 54.1 Å². The van der Waals surface area contributed by atoms with Crippen molar-refractivity contribution in [2.75, 3.05) is 23.8 Å². The molecular weight excluding hydrogens is 356 g/mol. The summed E-state index contributed by atoms with van der Waals surface area (Å²) in [5.74, 6) is 0.857. The first-order valence-corrected chi connectivity index (χ1v) is 10.4. The summed E-state index contributed by atoms with van der Waals surface area (Å²) in [7, 11) is 0.610. The van der Waals surface area contributed by atoms with Gasteiger partial charge in [-0.05, 0) is 52.1 Å². The highest BCUT2D eigenvalue weighted by Crippen LogP contribution is 2.41. The predicted octanol–water partition coefficient (Wildman–Crippen LogP) is 5.10. The summed E-state index contributed by atoms with van der Waals surface area (Å²) in [6.45, 7) is 6.46. The van der Waals surface area contributed by atoms with E-state index in [4.69, 9.17) is 10.5 Å². The van der Waals surface area contributed by atoms with Crippen LogP contribution in [-0.4, -0.2) is 17.6 Å². The fourth-order valence-corrected chi connectivity index (χ4v) is 3.74. The minimum absolute atomic E-state index is 0.0807. The van der Waals surface area contributed by atoms with Crippen LogP contribution in [0.4, 0.5) is 11.4 Å². The fourth-order valence-electron chi connectivity index (χ4n) is 3.29. The number of fused-ring (bicyclic) bond motifs is 1. The Morgan fingerprint density at radius 2 is 1.67 bits per heavy atom. The highest BCUT2D eigenvalue weighted by atomic mass is 32.2. The van der Waals surface area contributed by atoms with Crippen LogP contribution < -0.4 is 15.2 Å². The van der Waals surface area contributed by atoms with Gasteiger partial charge in [-0.15, -0.1) is 0 Å². The molecule has 3 rings (SSSR count). The zero-order chi connectivity index (χ0) is 19.8. The van der Waals surface area contributed by atoms with Crippen molar-refractivity contribution >= 4 is 33.1 Å². The lowest BCUT2D eigenvalue weighted by atomic mass is 9.83. The van der Waals surface area contributed by atoms with Crippen molar-refractivity contribution in [2.24, 2.45) is 0 Å². The summed E-state index contributed by atoms with van der Waals surface area (Å²) < 4.78 is 20.1. The third kappa shape index (κ3) is 4.08. The van der Waals surface area contributed by atoms with E-state index in [1.54, 1.807) is 13.4 Å². The second kappa shape index (κ2) is 7.24. The van der Waals surface area contributed by atoms with E-state index in [0.29, 0.717) is 0 Å². The number of anilines is 2. The lowest BCUT2D eigenvalue weighted by Gasteiger charge is -2.25. The smallest absolute Gasteiger partial charge is 0.130 e. The zero-order valence-electron chi connectivity index (χ0n) is 16.4. The minimum atomic E-state index is -1.09. The first kappa shape index (κ1) is 19.2. The Labute approximate surface area is 163 Å². The molecule has 27 heavy (non-hydrogen) atoms. The average Bonchev–Trinajstić information content (AvgIpc) is 2.59. The number of ether oxygens (including phenoxy) is 1. The maximum atomic E-state index is 11.4. The molecule has 0 aliphatic heterocycles. The first-order chi connectivity index (χ1) is 12.7. The molecule has 0 heterocycles. The number of nitrogens with one attached hydrogen (secondary N) is 1. The summed E-state index contributed by atoms with van der Waals surface area (Å²) in [6, 6.07) is 16.2. The van der Waals surface area contributed by atoms with Gasteiger partial charge >= 0.3 is 0 Å². The molecule has 0 saturated carbocycles. The molecule has 3 aromatic rings. The van der Waals surface area contributed by atoms with Gasteiger partial charge in [-0.1, -0.05) is 39.0 Å². The van der Waals surface area contributed by atoms with Crippen molar-refractivity contribution in [1.82, 2.24) is 0 Å². The van der Waals surface area contributed by atoms with Gasteiger partial charge in [-0.25, -0.2) is 4.21 Å². The summed E-state index contributed by atoms with van der Waals surface area (Å²) in [6.07, 6.45) is 1.62. The molecule has 0 bridgehead atoms. The molecular formula is C22H26N2O2S. The fraction of sp³-hybridized carbons (Fsp3) is 0.273. The molecule has 0 saturated heterocycles. The van der Waals surface area contributed by atoms with Crippen molar-refractivity contribution in [1.29, 1.82) is 0 Å². The summed E-state index contributed by atoms with van der Waals surface area (Å²) in [5.41, 5.74) is 10.8. The van der Waals surface area contributed by atoms with E-state index in [1.165, 1.54) is 0 Å². The topological polar surface area (TPSA) is 64.3 Å². The number of hydrogen-bond acceptors (Lipinski definition) is 3. The largest absolute Gasteiger partial charge is 0.496 e. The Morgan fingerprint density at radius 1 is 1.00 bits per heavy atom. The van der Waals surface area contributed by atoms with Gasteiger partial charge in [0.1, 0.15) is 16.7 Å². The number of nitrogens with two attached hydrogens (primary N) is 1. The lowest BCUT2D eigenvalue weighted by molar-refractivity contribution is 0.399. The zero-order valence-corrected chi connectivity index (χ0v) is 17.2. The third-order valence-electron chi connectivity index (χ3n) is 4.54. The maximum Gasteiger partial charge on any atom is 0.130 e. The lowest BCUT2D eigenvalue weighted by Crippen LogP contribution is -2.14. The van der Waals surface area contributed by atoms with Crippen LogP contribution in [0, 0.1) is 0 Å². The van der Waals surface area contributed by atoms with Crippen molar-refractivity contribution in [3.8, 4) is 16.9 Å². The Morgan fingerprint density at radius 3 is 2.30 bits per heavy atom. The van der Waals surface area contributed by atoms with Gasteiger partial charge in [-0.3, -0.25) is 0 Å². The Bertz CT molecular complexity index is 1020. The van der Waals surface area contributed by atoms with Crippen LogP contribution in [0.15, 0.2) is 48.5 Å². The van der Waals surface area contributed by atoms with E-state index >= 15 is 0 Å². The van der Waals surface area contributed by atoms with Crippen LogP contribution in [0.2, 0.25) is 0 Å². The van der Waals surface area contributed by atoms with Crippen molar-refractivity contribution in [3.63, 3.8) is 0 Å². The monoisotopic (exact) mass is 382 g/mol. The molecule has 0 radical (unpaired) electrons. The van der Waals surface area contributed by atoms with Gasteiger partial charge < -0.3 is 15.2 Å². The molecule has 1 unspecified atom stereocenters. The van der Waals surface area contributed by atoms with Crippen LogP contribution in [0.5, 0.6) is 5.75 Å². The Balaban J connectivity index is 2.15. The molecule has 0 fully saturated rings. The molecule has 142 valence electrons. The number of rotatable bonds is 4. The van der Waals surface area contributed by atoms with Crippen LogP contribution in [-0.2, 0) is 16.4 Å². The maximum absolute atomic E-state index is 11.4. The standard InChI is InChI=1S/C22H26N2O2S/c1-22(2,3)20-13-17(23)12-19(21(20)26-4)16-7-6-15-11-18(24-27(5)25)9-8-14(15)10-16/h6-13,24H,23H2,1-5H3. The quantitative estimate of drug-likeness (QED) is 0.617. The third-order valence-corrected chi connectivity index (χ3v) is 5.06. The number of nitrogen functional groups attached to an aromatic ring is 1. The van der Waals surface area contributed by atoms with Gasteiger partial charge in [0, 0.05) is 28.8 Å². The van der Waals surface area contributed by atoms with E-state index < -0.39 is 11.0 Å². The molecule has 0 amide bonds. The molecule has 0 spiro atoms. The molecule has 3 N–H and O–H groups in total. The molecule has 5 heteroatoms. The van der Waals surface area contributed by atoms with Crippen molar-refractivity contribution < 1.29 is 8.95 Å². The molecule has 0 aliphatic rings. The summed E-state index contributed by atoms with van der Waals surface area (Å²) >= 11 is 0. The van der Waals surface area contributed by atoms with Gasteiger partial charge in [0.15, 0.2) is 0 Å². The average molecular weight is 383 g/mol. The number of hydrogen-bond donors (Lipinski definition) is 2. The second-order valence-corrected chi connectivity index (χ2v) is 8.84. The van der Waals surface area contributed by atoms with E-state index in [2.05, 4.69) is 43.7 Å². The van der Waals surface area contributed by atoms with Crippen LogP contribution in [0.25, 0.3) is 21.9 Å². The second-order valence-electron chi connectivity index (χ2n) is 7.73. The SMILES string of the molecule is COc1c(-c2ccc3cc(NS(C)=O)ccc3c2)cc(N)cc1C(C)(C)C. The van der Waals surface area contributed by atoms with Gasteiger partial charge in [-0.2, -0.15) is 0 Å². The molecule has 3 aromatic carbocycles. The molecule has 4 nitrogen and oxygen atoms in total. The highest BCUT2D eigenvalue weighted by molar-refractivity contribution is 7.85. The summed E-state index contributed by atoms with van der Waals surface area (Å²) in [5, 5.41) is 2.18. The van der Waals surface area contributed by atoms with Crippen LogP contribution in [0.1, 0.15) is 26.3 Å². The number of methoxy groups -OCH3 is 1. The van der Waals surface area contributed by atoms with Crippen LogP contribution in [0.3, 0.4) is 0 Å². The van der Waals surface area contributed by atoms with E-state index in [0.717, 1.165) is 44.6 Å².